The number of amides is 2. The first-order valence-electron chi connectivity index (χ1n) is 9.10. The van der Waals surface area contributed by atoms with E-state index in [9.17, 15) is 9.59 Å². The van der Waals surface area contributed by atoms with E-state index in [0.29, 0.717) is 53.7 Å². The third-order valence-electron chi connectivity index (χ3n) is 4.89. The lowest BCUT2D eigenvalue weighted by Gasteiger charge is -2.32. The van der Waals surface area contributed by atoms with Gasteiger partial charge in [0.2, 0.25) is 5.91 Å². The second kappa shape index (κ2) is 8.97. The van der Waals surface area contributed by atoms with Gasteiger partial charge in [-0.2, -0.15) is 0 Å². The molecule has 1 N–H and O–H groups in total. The van der Waals surface area contributed by atoms with Crippen LogP contribution in [0.4, 0.5) is 5.69 Å². The van der Waals surface area contributed by atoms with E-state index in [1.165, 1.54) is 14.2 Å². The first-order valence-corrected chi connectivity index (χ1v) is 9.48. The Morgan fingerprint density at radius 1 is 1.04 bits per heavy atom. The number of piperidine rings is 1. The van der Waals surface area contributed by atoms with Gasteiger partial charge in [0.05, 0.1) is 14.2 Å². The van der Waals surface area contributed by atoms with Gasteiger partial charge in [0.15, 0.2) is 0 Å². The van der Waals surface area contributed by atoms with Crippen LogP contribution in [0.2, 0.25) is 5.02 Å². The van der Waals surface area contributed by atoms with Crippen molar-refractivity contribution < 1.29 is 19.1 Å². The quantitative estimate of drug-likeness (QED) is 0.824. The van der Waals surface area contributed by atoms with Gasteiger partial charge in [-0.3, -0.25) is 9.59 Å². The van der Waals surface area contributed by atoms with Crippen LogP contribution in [0.1, 0.15) is 23.2 Å². The Labute approximate surface area is 169 Å². The van der Waals surface area contributed by atoms with Crippen LogP contribution in [0.15, 0.2) is 42.5 Å². The monoisotopic (exact) mass is 402 g/mol. The summed E-state index contributed by atoms with van der Waals surface area (Å²) in [6.45, 7) is 0.987. The second-order valence-corrected chi connectivity index (χ2v) is 7.04. The molecule has 0 aliphatic carbocycles. The smallest absolute Gasteiger partial charge is 0.261 e. The van der Waals surface area contributed by atoms with Crippen molar-refractivity contribution >= 4 is 29.1 Å². The van der Waals surface area contributed by atoms with Crippen LogP contribution in [0.5, 0.6) is 11.5 Å². The minimum atomic E-state index is -0.150. The van der Waals surface area contributed by atoms with E-state index in [4.69, 9.17) is 21.1 Å². The van der Waals surface area contributed by atoms with Crippen molar-refractivity contribution in [1.82, 2.24) is 4.90 Å². The molecule has 1 heterocycles. The number of likely N-dealkylation sites (tertiary alicyclic amines) is 1. The van der Waals surface area contributed by atoms with Gasteiger partial charge in [-0.05, 0) is 43.2 Å². The number of nitrogens with zero attached hydrogens (tertiary/aromatic N) is 1. The molecular formula is C21H23ClN2O4. The predicted octanol–water partition coefficient (Wildman–Crippen LogP) is 3.85. The van der Waals surface area contributed by atoms with Gasteiger partial charge >= 0.3 is 0 Å². The Balaban J connectivity index is 1.64. The molecule has 0 saturated carbocycles. The Hall–Kier alpha value is -2.73. The molecule has 0 bridgehead atoms. The van der Waals surface area contributed by atoms with Crippen molar-refractivity contribution in [2.24, 2.45) is 5.92 Å². The molecule has 0 unspecified atom stereocenters. The molecule has 1 aliphatic rings. The topological polar surface area (TPSA) is 67.9 Å². The number of carbonyl (C=O) groups excluding carboxylic acids is 2. The normalized spacial score (nSPS) is 14.5. The van der Waals surface area contributed by atoms with Crippen molar-refractivity contribution in [1.29, 1.82) is 0 Å². The Kier molecular flexibility index (Phi) is 6.41. The molecule has 0 radical (unpaired) electrons. The van der Waals surface area contributed by atoms with Crippen molar-refractivity contribution in [2.75, 3.05) is 32.6 Å². The fraction of sp³-hybridized carbons (Fsp3) is 0.333. The molecule has 6 nitrogen and oxygen atoms in total. The molecule has 2 aromatic carbocycles. The molecule has 2 aromatic rings. The van der Waals surface area contributed by atoms with Crippen LogP contribution < -0.4 is 14.8 Å². The highest BCUT2D eigenvalue weighted by Gasteiger charge is 2.30. The summed E-state index contributed by atoms with van der Waals surface area (Å²) >= 11 is 5.96. The van der Waals surface area contributed by atoms with Crippen LogP contribution in [-0.4, -0.2) is 44.0 Å². The summed E-state index contributed by atoms with van der Waals surface area (Å²) in [6.07, 6.45) is 1.19. The maximum Gasteiger partial charge on any atom is 0.261 e. The average molecular weight is 403 g/mol. The standard InChI is InChI=1S/C21H23ClN2O4/c1-27-17-7-4-8-18(28-2)19(17)21(26)24-11-9-14(10-12-24)20(25)23-16-6-3-5-15(22)13-16/h3-8,13-14H,9-12H2,1-2H3,(H,23,25). The van der Waals surface area contributed by atoms with E-state index < -0.39 is 0 Å². The lowest BCUT2D eigenvalue weighted by atomic mass is 9.95. The van der Waals surface area contributed by atoms with Gasteiger partial charge in [-0.15, -0.1) is 0 Å². The van der Waals surface area contributed by atoms with Crippen LogP contribution in [0.25, 0.3) is 0 Å². The van der Waals surface area contributed by atoms with Crippen LogP contribution in [0, 0.1) is 5.92 Å². The lowest BCUT2D eigenvalue weighted by Crippen LogP contribution is -2.41. The Bertz CT molecular complexity index is 841. The molecule has 1 aliphatic heterocycles. The summed E-state index contributed by atoms with van der Waals surface area (Å²) in [5, 5.41) is 3.47. The summed E-state index contributed by atoms with van der Waals surface area (Å²) in [7, 11) is 3.05. The first-order chi connectivity index (χ1) is 13.5. The number of carbonyl (C=O) groups is 2. The maximum atomic E-state index is 13.0. The van der Waals surface area contributed by atoms with Gasteiger partial charge in [0.1, 0.15) is 17.1 Å². The predicted molar refractivity (Wildman–Crippen MR) is 108 cm³/mol. The molecule has 28 heavy (non-hydrogen) atoms. The second-order valence-electron chi connectivity index (χ2n) is 6.60. The molecule has 1 fully saturated rings. The van der Waals surface area contributed by atoms with E-state index in [1.54, 1.807) is 47.4 Å². The number of ether oxygens (including phenoxy) is 2. The third kappa shape index (κ3) is 4.39. The molecule has 0 aromatic heterocycles. The maximum absolute atomic E-state index is 13.0. The zero-order valence-corrected chi connectivity index (χ0v) is 16.7. The number of halogens is 1. The molecule has 7 heteroatoms. The Morgan fingerprint density at radius 3 is 2.21 bits per heavy atom. The molecular weight excluding hydrogens is 380 g/mol. The van der Waals surface area contributed by atoms with E-state index in [2.05, 4.69) is 5.32 Å². The van der Waals surface area contributed by atoms with E-state index >= 15 is 0 Å². The minimum Gasteiger partial charge on any atom is -0.496 e. The van der Waals surface area contributed by atoms with Crippen molar-refractivity contribution in [3.63, 3.8) is 0 Å². The van der Waals surface area contributed by atoms with Crippen LogP contribution in [-0.2, 0) is 4.79 Å². The zero-order chi connectivity index (χ0) is 20.1. The SMILES string of the molecule is COc1cccc(OC)c1C(=O)N1CCC(C(=O)Nc2cccc(Cl)c2)CC1. The van der Waals surface area contributed by atoms with Crippen molar-refractivity contribution in [3.8, 4) is 11.5 Å². The number of rotatable bonds is 5. The summed E-state index contributed by atoms with van der Waals surface area (Å²) in [4.78, 5) is 27.3. The summed E-state index contributed by atoms with van der Waals surface area (Å²) in [5.41, 5.74) is 1.09. The van der Waals surface area contributed by atoms with E-state index in [1.807, 2.05) is 0 Å². The number of hydrogen-bond acceptors (Lipinski definition) is 4. The summed E-state index contributed by atoms with van der Waals surface area (Å²) < 4.78 is 10.7. The number of benzene rings is 2. The third-order valence-corrected chi connectivity index (χ3v) is 5.12. The highest BCUT2D eigenvalue weighted by Crippen LogP contribution is 2.31. The minimum absolute atomic E-state index is 0.0516. The Morgan fingerprint density at radius 2 is 1.64 bits per heavy atom. The number of hydrogen-bond donors (Lipinski definition) is 1. The van der Waals surface area contributed by atoms with Gasteiger partial charge in [0, 0.05) is 29.7 Å². The van der Waals surface area contributed by atoms with Crippen LogP contribution >= 0.6 is 11.6 Å². The molecule has 0 atom stereocenters. The van der Waals surface area contributed by atoms with Crippen LogP contribution in [0.3, 0.4) is 0 Å². The summed E-state index contributed by atoms with van der Waals surface area (Å²) in [6, 6.07) is 12.3. The van der Waals surface area contributed by atoms with Gasteiger partial charge in [0.25, 0.3) is 5.91 Å². The van der Waals surface area contributed by atoms with Gasteiger partial charge in [-0.25, -0.2) is 0 Å². The molecule has 0 spiro atoms. The molecule has 3 rings (SSSR count). The van der Waals surface area contributed by atoms with Gasteiger partial charge < -0.3 is 19.7 Å². The number of nitrogens with one attached hydrogen (secondary N) is 1. The lowest BCUT2D eigenvalue weighted by molar-refractivity contribution is -0.121. The number of methoxy groups -OCH3 is 2. The average Bonchev–Trinajstić information content (AvgIpc) is 2.72. The molecule has 1 saturated heterocycles. The van der Waals surface area contributed by atoms with E-state index in [-0.39, 0.29) is 17.7 Å². The first kappa shape index (κ1) is 20.0. The highest BCUT2D eigenvalue weighted by molar-refractivity contribution is 6.30. The van der Waals surface area contributed by atoms with Gasteiger partial charge in [-0.1, -0.05) is 23.7 Å². The summed E-state index contributed by atoms with van der Waals surface area (Å²) in [5.74, 6) is 0.602. The van der Waals surface area contributed by atoms with Crippen molar-refractivity contribution in [2.45, 2.75) is 12.8 Å². The zero-order valence-electron chi connectivity index (χ0n) is 15.9. The van der Waals surface area contributed by atoms with Crippen molar-refractivity contribution in [3.05, 3.63) is 53.1 Å². The molecule has 2 amide bonds. The number of anilines is 1. The largest absolute Gasteiger partial charge is 0.496 e. The van der Waals surface area contributed by atoms with E-state index in [0.717, 1.165) is 0 Å². The fourth-order valence-electron chi connectivity index (χ4n) is 3.38. The fourth-order valence-corrected chi connectivity index (χ4v) is 3.57. The highest BCUT2D eigenvalue weighted by atomic mass is 35.5. The molecule has 148 valence electrons.